The molecule has 0 unspecified atom stereocenters. The molecule has 0 atom stereocenters. The molecule has 1 N–H and O–H groups in total. The number of rotatable bonds is 2. The van der Waals surface area contributed by atoms with Crippen LogP contribution in [0.4, 0.5) is 0 Å². The van der Waals surface area contributed by atoms with Gasteiger partial charge in [0.25, 0.3) is 0 Å². The second-order valence-electron chi connectivity index (χ2n) is 2.91. The molecule has 0 spiro atoms. The molecule has 1 aromatic heterocycles. The molecule has 0 aliphatic heterocycles. The van der Waals surface area contributed by atoms with Crippen LogP contribution in [0, 0.1) is 12.8 Å². The first kappa shape index (κ1) is 15.0. The zero-order valence-corrected chi connectivity index (χ0v) is 9.97. The van der Waals surface area contributed by atoms with E-state index in [2.05, 4.69) is 18.9 Å². The summed E-state index contributed by atoms with van der Waals surface area (Å²) in [5.74, 6) is 0.445. The van der Waals surface area contributed by atoms with Gasteiger partial charge in [0, 0.05) is 37.4 Å². The van der Waals surface area contributed by atoms with Gasteiger partial charge in [0.05, 0.1) is 11.9 Å². The van der Waals surface area contributed by atoms with Crippen LogP contribution in [0.3, 0.4) is 0 Å². The quantitative estimate of drug-likeness (QED) is 0.597. The number of aromatic nitrogens is 2. The van der Waals surface area contributed by atoms with Gasteiger partial charge in [-0.1, -0.05) is 13.8 Å². The van der Waals surface area contributed by atoms with E-state index in [1.807, 2.05) is 13.2 Å². The third kappa shape index (κ3) is 3.01. The average Bonchev–Trinajstić information content (AvgIpc) is 2.30. The van der Waals surface area contributed by atoms with Gasteiger partial charge < -0.3 is 12.8 Å². The Bertz CT molecular complexity index is 266. The van der Waals surface area contributed by atoms with Crippen LogP contribution in [-0.4, -0.2) is 16.0 Å². The second-order valence-corrected chi connectivity index (χ2v) is 2.91. The molecule has 1 heterocycles. The maximum absolute atomic E-state index is 7.15. The molecule has 0 aliphatic rings. The Kier molecular flexibility index (Phi) is 6.91. The van der Waals surface area contributed by atoms with Crippen LogP contribution in [0.1, 0.15) is 31.0 Å². The second kappa shape index (κ2) is 6.00. The van der Waals surface area contributed by atoms with Crippen LogP contribution in [0.5, 0.6) is 0 Å². The summed E-state index contributed by atoms with van der Waals surface area (Å²) in [5, 5.41) is 11.2. The number of aryl methyl sites for hydroxylation is 1. The molecule has 73 valence electrons. The van der Waals surface area contributed by atoms with Gasteiger partial charge in [0.1, 0.15) is 0 Å². The van der Waals surface area contributed by atoms with Crippen molar-refractivity contribution in [2.45, 2.75) is 19.8 Å². The van der Waals surface area contributed by atoms with Gasteiger partial charge in [-0.2, -0.15) is 5.10 Å². The van der Waals surface area contributed by atoms with Crippen molar-refractivity contribution in [1.82, 2.24) is 9.78 Å². The summed E-state index contributed by atoms with van der Waals surface area (Å²) >= 11 is 0. The normalized spacial score (nSPS) is 8.92. The van der Waals surface area contributed by atoms with Crippen LogP contribution in [0.25, 0.3) is 0 Å². The Labute approximate surface area is 91.9 Å². The monoisotopic (exact) mass is 217 g/mol. The Morgan fingerprint density at radius 1 is 1.54 bits per heavy atom. The molecule has 1 aromatic rings. The van der Waals surface area contributed by atoms with Crippen molar-refractivity contribution in [2.75, 3.05) is 0 Å². The first-order valence-electron chi connectivity index (χ1n) is 3.69. The Hall–Kier alpha value is -0.536. The van der Waals surface area contributed by atoms with Crippen LogP contribution < -0.4 is 0 Å². The molecule has 3 nitrogen and oxygen atoms in total. The topological polar surface area (TPSA) is 41.7 Å². The van der Waals surface area contributed by atoms with E-state index in [-0.39, 0.29) is 26.0 Å². The molecule has 1 radical (unpaired) electrons. The summed E-state index contributed by atoms with van der Waals surface area (Å²) < 4.78 is 1.72. The zero-order chi connectivity index (χ0) is 8.43. The molecule has 0 saturated heterocycles. The van der Waals surface area contributed by atoms with Crippen LogP contribution in [-0.2, 0) is 25.6 Å². The first-order valence-corrected chi connectivity index (χ1v) is 3.69. The van der Waals surface area contributed by atoms with Crippen molar-refractivity contribution in [1.29, 1.82) is 5.41 Å². The van der Waals surface area contributed by atoms with Gasteiger partial charge >= 0.3 is 0 Å². The predicted molar refractivity (Wildman–Crippen MR) is 51.6 cm³/mol. The van der Waals surface area contributed by atoms with Crippen LogP contribution in [0.15, 0.2) is 6.20 Å². The fourth-order valence-electron chi connectivity index (χ4n) is 1.09. The summed E-state index contributed by atoms with van der Waals surface area (Å²) in [7, 11) is 1.85. The Balaban J connectivity index is 0. The maximum atomic E-state index is 7.15. The minimum atomic E-state index is 0. The van der Waals surface area contributed by atoms with Crippen molar-refractivity contribution in [3.8, 4) is 0 Å². The van der Waals surface area contributed by atoms with E-state index in [0.29, 0.717) is 5.92 Å². The number of hydrogen-bond donors (Lipinski definition) is 1. The van der Waals surface area contributed by atoms with Gasteiger partial charge in [-0.15, -0.1) is 0 Å². The summed E-state index contributed by atoms with van der Waals surface area (Å²) in [5.41, 5.74) is 2.04. The summed E-state index contributed by atoms with van der Waals surface area (Å²) in [6.45, 7) is 4.20. The third-order valence-corrected chi connectivity index (χ3v) is 1.77. The smallest absolute Gasteiger partial charge is 0.0816 e. The van der Waals surface area contributed by atoms with Gasteiger partial charge in [-0.3, -0.25) is 4.68 Å². The zero-order valence-electron chi connectivity index (χ0n) is 8.57. The molecule has 0 amide bonds. The van der Waals surface area contributed by atoms with Gasteiger partial charge in [0.2, 0.25) is 0 Å². The van der Waals surface area contributed by atoms with Crippen LogP contribution >= 0.6 is 0 Å². The molecule has 0 aliphatic carbocycles. The van der Waals surface area contributed by atoms with E-state index in [9.17, 15) is 0 Å². The first-order chi connectivity index (χ1) is 5.16. The minimum Gasteiger partial charge on any atom is -0.358 e. The molecule has 0 aromatic carbocycles. The average molecular weight is 217 g/mol. The molecule has 4 heteroatoms. The van der Waals surface area contributed by atoms with Crippen molar-refractivity contribution in [2.24, 2.45) is 7.05 Å². The molecule has 1 rings (SSSR count). The molecular weight excluding hydrogens is 201 g/mol. The molecule has 0 saturated carbocycles. The summed E-state index contributed by atoms with van der Waals surface area (Å²) in [6, 6.07) is 0. The molecular formula is C9H16N3V-. The number of hydrogen-bond acceptors (Lipinski definition) is 2. The van der Waals surface area contributed by atoms with E-state index in [4.69, 9.17) is 5.41 Å². The van der Waals surface area contributed by atoms with Crippen molar-refractivity contribution in [3.05, 3.63) is 24.9 Å². The van der Waals surface area contributed by atoms with E-state index < -0.39 is 0 Å². The number of nitrogens with one attached hydrogen (secondary N) is 1. The third-order valence-electron chi connectivity index (χ3n) is 1.77. The fourth-order valence-corrected chi connectivity index (χ4v) is 1.09. The molecule has 0 fully saturated rings. The SMILES string of the molecule is CC(C)c1cnn(C)c1C=N.[CH3-].[V]. The van der Waals surface area contributed by atoms with Crippen molar-refractivity contribution >= 4 is 6.21 Å². The Morgan fingerprint density at radius 3 is 2.38 bits per heavy atom. The van der Waals surface area contributed by atoms with Crippen molar-refractivity contribution < 1.29 is 18.6 Å². The van der Waals surface area contributed by atoms with E-state index in [0.717, 1.165) is 11.3 Å². The fraction of sp³-hybridized carbons (Fsp3) is 0.444. The van der Waals surface area contributed by atoms with Gasteiger partial charge in [-0.05, 0) is 5.92 Å². The van der Waals surface area contributed by atoms with Crippen molar-refractivity contribution in [3.63, 3.8) is 0 Å². The standard InChI is InChI=1S/C8H13N3.CH3.V/c1-6(2)7-5-10-11(3)8(7)4-9;;/h4-6,9H,1-3H3;1H3;/q;-1;. The van der Waals surface area contributed by atoms with E-state index in [1.54, 1.807) is 4.68 Å². The Morgan fingerprint density at radius 2 is 2.08 bits per heavy atom. The van der Waals surface area contributed by atoms with Gasteiger partial charge in [0.15, 0.2) is 0 Å². The summed E-state index contributed by atoms with van der Waals surface area (Å²) in [4.78, 5) is 0. The number of nitrogens with zero attached hydrogens (tertiary/aromatic N) is 2. The largest absolute Gasteiger partial charge is 0.358 e. The van der Waals surface area contributed by atoms with Crippen LogP contribution in [0.2, 0.25) is 0 Å². The van der Waals surface area contributed by atoms with E-state index >= 15 is 0 Å². The summed E-state index contributed by atoms with van der Waals surface area (Å²) in [6.07, 6.45) is 3.17. The van der Waals surface area contributed by atoms with E-state index in [1.165, 1.54) is 6.21 Å². The maximum Gasteiger partial charge on any atom is 0.0816 e. The molecule has 13 heavy (non-hydrogen) atoms. The van der Waals surface area contributed by atoms with Gasteiger partial charge in [-0.25, -0.2) is 0 Å². The minimum absolute atomic E-state index is 0. The predicted octanol–water partition coefficient (Wildman–Crippen LogP) is 1.99. The molecule has 0 bridgehead atoms.